The van der Waals surface area contributed by atoms with E-state index in [-0.39, 0.29) is 11.9 Å². The second-order valence-corrected chi connectivity index (χ2v) is 5.31. The van der Waals surface area contributed by atoms with Gasteiger partial charge in [-0.3, -0.25) is 4.79 Å². The van der Waals surface area contributed by atoms with Crippen molar-refractivity contribution in [2.24, 2.45) is 0 Å². The van der Waals surface area contributed by atoms with Gasteiger partial charge < -0.3 is 10.3 Å². The predicted octanol–water partition coefficient (Wildman–Crippen LogP) is 3.19. The summed E-state index contributed by atoms with van der Waals surface area (Å²) in [4.78, 5) is 19.5. The van der Waals surface area contributed by atoms with E-state index in [2.05, 4.69) is 29.1 Å². The standard InChI is InChI=1S/C16H23N3O/c1-3-7-12(2)17-16(20)11-6-10-15-18-13-8-4-5-9-14(13)19-15/h4-5,8-9,12H,3,6-7,10-11H2,1-2H3,(H,17,20)(H,18,19). The molecule has 0 radical (unpaired) electrons. The summed E-state index contributed by atoms with van der Waals surface area (Å²) < 4.78 is 0. The Morgan fingerprint density at radius 2 is 2.20 bits per heavy atom. The molecule has 4 heteroatoms. The molecule has 108 valence electrons. The van der Waals surface area contributed by atoms with Crippen LogP contribution in [-0.2, 0) is 11.2 Å². The fourth-order valence-electron chi connectivity index (χ4n) is 2.39. The molecule has 4 nitrogen and oxygen atoms in total. The molecule has 20 heavy (non-hydrogen) atoms. The number of rotatable bonds is 7. The van der Waals surface area contributed by atoms with Crippen molar-refractivity contribution < 1.29 is 4.79 Å². The van der Waals surface area contributed by atoms with Gasteiger partial charge >= 0.3 is 0 Å². The molecule has 0 saturated heterocycles. The highest BCUT2D eigenvalue weighted by atomic mass is 16.1. The largest absolute Gasteiger partial charge is 0.354 e. The lowest BCUT2D eigenvalue weighted by atomic mass is 10.1. The van der Waals surface area contributed by atoms with Crippen molar-refractivity contribution in [1.82, 2.24) is 15.3 Å². The number of aromatic nitrogens is 2. The number of carbonyl (C=O) groups excluding carboxylic acids is 1. The first-order valence-corrected chi connectivity index (χ1v) is 7.42. The van der Waals surface area contributed by atoms with E-state index in [1.807, 2.05) is 24.3 Å². The van der Waals surface area contributed by atoms with Crippen molar-refractivity contribution in [1.29, 1.82) is 0 Å². The summed E-state index contributed by atoms with van der Waals surface area (Å²) >= 11 is 0. The van der Waals surface area contributed by atoms with Gasteiger partial charge in [-0.25, -0.2) is 4.98 Å². The lowest BCUT2D eigenvalue weighted by Crippen LogP contribution is -2.32. The molecular weight excluding hydrogens is 250 g/mol. The molecule has 0 aliphatic carbocycles. The predicted molar refractivity (Wildman–Crippen MR) is 81.5 cm³/mol. The highest BCUT2D eigenvalue weighted by Gasteiger charge is 2.07. The average Bonchev–Trinajstić information content (AvgIpc) is 2.81. The van der Waals surface area contributed by atoms with E-state index in [1.54, 1.807) is 0 Å². The molecule has 0 spiro atoms. The van der Waals surface area contributed by atoms with Crippen molar-refractivity contribution in [2.75, 3.05) is 0 Å². The Hall–Kier alpha value is -1.84. The topological polar surface area (TPSA) is 57.8 Å². The minimum atomic E-state index is 0.141. The van der Waals surface area contributed by atoms with E-state index in [9.17, 15) is 4.79 Å². The van der Waals surface area contributed by atoms with E-state index < -0.39 is 0 Å². The van der Waals surface area contributed by atoms with Crippen LogP contribution in [0.1, 0.15) is 45.4 Å². The van der Waals surface area contributed by atoms with Gasteiger partial charge in [-0.05, 0) is 31.9 Å². The molecule has 1 amide bonds. The maximum absolute atomic E-state index is 11.7. The van der Waals surface area contributed by atoms with Gasteiger partial charge in [0.25, 0.3) is 0 Å². The second kappa shape index (κ2) is 7.08. The van der Waals surface area contributed by atoms with E-state index >= 15 is 0 Å². The smallest absolute Gasteiger partial charge is 0.220 e. The maximum Gasteiger partial charge on any atom is 0.220 e. The van der Waals surface area contributed by atoms with Crippen molar-refractivity contribution in [2.45, 2.75) is 52.0 Å². The van der Waals surface area contributed by atoms with Crippen LogP contribution in [0.4, 0.5) is 0 Å². The highest BCUT2D eigenvalue weighted by Crippen LogP contribution is 2.11. The Morgan fingerprint density at radius 1 is 1.40 bits per heavy atom. The maximum atomic E-state index is 11.7. The fourth-order valence-corrected chi connectivity index (χ4v) is 2.39. The summed E-state index contributed by atoms with van der Waals surface area (Å²) in [6, 6.07) is 8.26. The zero-order chi connectivity index (χ0) is 14.4. The number of fused-ring (bicyclic) bond motifs is 1. The Kier molecular flexibility index (Phi) is 5.16. The molecule has 0 fully saturated rings. The van der Waals surface area contributed by atoms with Gasteiger partial charge in [-0.15, -0.1) is 0 Å². The Bertz CT molecular complexity index is 529. The summed E-state index contributed by atoms with van der Waals surface area (Å²) in [6.45, 7) is 4.19. The number of para-hydroxylation sites is 2. The van der Waals surface area contributed by atoms with E-state index in [1.165, 1.54) is 0 Å². The van der Waals surface area contributed by atoms with Crippen molar-refractivity contribution >= 4 is 16.9 Å². The fraction of sp³-hybridized carbons (Fsp3) is 0.500. The molecule has 1 unspecified atom stereocenters. The second-order valence-electron chi connectivity index (χ2n) is 5.31. The van der Waals surface area contributed by atoms with Gasteiger partial charge in [0.2, 0.25) is 5.91 Å². The molecule has 0 saturated carbocycles. The highest BCUT2D eigenvalue weighted by molar-refractivity contribution is 5.76. The number of aryl methyl sites for hydroxylation is 1. The molecule has 2 aromatic rings. The lowest BCUT2D eigenvalue weighted by Gasteiger charge is -2.12. The number of hydrogen-bond acceptors (Lipinski definition) is 2. The Morgan fingerprint density at radius 3 is 2.95 bits per heavy atom. The number of aromatic amines is 1. The molecule has 1 aromatic heterocycles. The molecule has 1 heterocycles. The molecule has 1 atom stereocenters. The number of carbonyl (C=O) groups is 1. The summed E-state index contributed by atoms with van der Waals surface area (Å²) in [6.07, 6.45) is 4.33. The van der Waals surface area contributed by atoms with E-state index in [0.29, 0.717) is 6.42 Å². The average molecular weight is 273 g/mol. The van der Waals surface area contributed by atoms with Crippen LogP contribution < -0.4 is 5.32 Å². The number of benzene rings is 1. The number of nitrogens with one attached hydrogen (secondary N) is 2. The number of nitrogens with zero attached hydrogens (tertiary/aromatic N) is 1. The monoisotopic (exact) mass is 273 g/mol. The molecule has 0 aliphatic heterocycles. The van der Waals surface area contributed by atoms with E-state index in [0.717, 1.165) is 42.5 Å². The SMILES string of the molecule is CCCC(C)NC(=O)CCCc1nc2ccccc2[nH]1. The Balaban J connectivity index is 1.76. The number of hydrogen-bond donors (Lipinski definition) is 2. The van der Waals surface area contributed by atoms with Gasteiger partial charge in [-0.2, -0.15) is 0 Å². The van der Waals surface area contributed by atoms with Crippen LogP contribution in [0.3, 0.4) is 0 Å². The quantitative estimate of drug-likeness (QED) is 0.814. The normalized spacial score (nSPS) is 12.5. The third-order valence-corrected chi connectivity index (χ3v) is 3.38. The van der Waals surface area contributed by atoms with Gasteiger partial charge in [-0.1, -0.05) is 25.5 Å². The lowest BCUT2D eigenvalue weighted by molar-refractivity contribution is -0.121. The van der Waals surface area contributed by atoms with Gasteiger partial charge in [0.1, 0.15) is 5.82 Å². The number of imidazole rings is 1. The van der Waals surface area contributed by atoms with Crippen LogP contribution in [0.2, 0.25) is 0 Å². The molecule has 0 aliphatic rings. The van der Waals surface area contributed by atoms with Crippen molar-refractivity contribution in [3.8, 4) is 0 Å². The number of H-pyrrole nitrogens is 1. The molecule has 1 aromatic carbocycles. The van der Waals surface area contributed by atoms with Gasteiger partial charge in [0.15, 0.2) is 0 Å². The van der Waals surface area contributed by atoms with E-state index in [4.69, 9.17) is 0 Å². The first kappa shape index (κ1) is 14.6. The summed E-state index contributed by atoms with van der Waals surface area (Å²) in [5.74, 6) is 1.10. The minimum Gasteiger partial charge on any atom is -0.354 e. The van der Waals surface area contributed by atoms with Crippen LogP contribution in [-0.4, -0.2) is 21.9 Å². The van der Waals surface area contributed by atoms with Gasteiger partial charge in [0.05, 0.1) is 11.0 Å². The zero-order valence-electron chi connectivity index (χ0n) is 12.3. The van der Waals surface area contributed by atoms with Crippen molar-refractivity contribution in [3.05, 3.63) is 30.1 Å². The number of amides is 1. The molecule has 2 rings (SSSR count). The zero-order valence-corrected chi connectivity index (χ0v) is 12.3. The Labute approximate surface area is 120 Å². The molecule has 0 bridgehead atoms. The molecular formula is C16H23N3O. The van der Waals surface area contributed by atoms with Crippen LogP contribution >= 0.6 is 0 Å². The third kappa shape index (κ3) is 4.08. The van der Waals surface area contributed by atoms with Crippen LogP contribution in [0.25, 0.3) is 11.0 Å². The molecule has 2 N–H and O–H groups in total. The summed E-state index contributed by atoms with van der Waals surface area (Å²) in [5.41, 5.74) is 2.05. The summed E-state index contributed by atoms with van der Waals surface area (Å²) in [7, 11) is 0. The first-order valence-electron chi connectivity index (χ1n) is 7.42. The third-order valence-electron chi connectivity index (χ3n) is 3.38. The summed E-state index contributed by atoms with van der Waals surface area (Å²) in [5, 5.41) is 3.02. The van der Waals surface area contributed by atoms with Crippen LogP contribution in [0, 0.1) is 0 Å². The van der Waals surface area contributed by atoms with Crippen LogP contribution in [0.15, 0.2) is 24.3 Å². The minimum absolute atomic E-state index is 0.141. The first-order chi connectivity index (χ1) is 9.69. The van der Waals surface area contributed by atoms with Gasteiger partial charge in [0, 0.05) is 18.9 Å². The van der Waals surface area contributed by atoms with Crippen molar-refractivity contribution in [3.63, 3.8) is 0 Å². The van der Waals surface area contributed by atoms with Crippen LogP contribution in [0.5, 0.6) is 0 Å².